The fourth-order valence-corrected chi connectivity index (χ4v) is 3.83. The summed E-state index contributed by atoms with van der Waals surface area (Å²) >= 11 is 7.72. The van der Waals surface area contributed by atoms with Crippen LogP contribution in [-0.4, -0.2) is 35.1 Å². The molecule has 0 unspecified atom stereocenters. The lowest BCUT2D eigenvalue weighted by Crippen LogP contribution is -2.48. The summed E-state index contributed by atoms with van der Waals surface area (Å²) in [5, 5.41) is 3.46. The van der Waals surface area contributed by atoms with Gasteiger partial charge in [-0.15, -0.1) is 11.8 Å². The Morgan fingerprint density at radius 1 is 1.10 bits per heavy atom. The van der Waals surface area contributed by atoms with E-state index in [1.54, 1.807) is 30.0 Å². The maximum absolute atomic E-state index is 13.0. The lowest BCUT2D eigenvalue weighted by atomic mass is 10.1. The second-order valence-corrected chi connectivity index (χ2v) is 8.94. The third kappa shape index (κ3) is 7.65. The number of thioether (sulfide) groups is 1. The van der Waals surface area contributed by atoms with Gasteiger partial charge in [0.2, 0.25) is 11.8 Å². The summed E-state index contributed by atoms with van der Waals surface area (Å²) in [6.07, 6.45) is 0. The van der Waals surface area contributed by atoms with E-state index in [4.69, 9.17) is 11.6 Å². The summed E-state index contributed by atoms with van der Waals surface area (Å²) in [6.45, 7) is 6.57. The molecular weight excluding hydrogens is 423 g/mol. The Bertz CT molecular complexity index is 845. The molecule has 0 saturated heterocycles. The van der Waals surface area contributed by atoms with Crippen molar-refractivity contribution in [2.75, 3.05) is 12.3 Å². The van der Waals surface area contributed by atoms with Gasteiger partial charge in [-0.05, 0) is 42.2 Å². The largest absolute Gasteiger partial charge is 0.354 e. The summed E-state index contributed by atoms with van der Waals surface area (Å²) in [5.74, 6) is 0.498. The molecule has 0 bridgehead atoms. The van der Waals surface area contributed by atoms with Gasteiger partial charge < -0.3 is 10.2 Å². The van der Waals surface area contributed by atoms with Crippen molar-refractivity contribution in [2.24, 2.45) is 5.92 Å². The SMILES string of the molecule is CC(C)CNC(=O)[C@@H](C)N(Cc1ccccc1Cl)C(=O)CSCc1ccc(F)cc1. The highest BCUT2D eigenvalue weighted by molar-refractivity contribution is 7.99. The van der Waals surface area contributed by atoms with Crippen molar-refractivity contribution in [3.8, 4) is 0 Å². The third-order valence-corrected chi connectivity index (χ3v) is 5.92. The predicted molar refractivity (Wildman–Crippen MR) is 122 cm³/mol. The molecule has 0 radical (unpaired) electrons. The van der Waals surface area contributed by atoms with Crippen LogP contribution in [0.2, 0.25) is 5.02 Å². The number of carbonyl (C=O) groups excluding carboxylic acids is 2. The Morgan fingerprint density at radius 3 is 2.40 bits per heavy atom. The Kier molecular flexibility index (Phi) is 9.66. The number of carbonyl (C=O) groups is 2. The summed E-state index contributed by atoms with van der Waals surface area (Å²) < 4.78 is 13.0. The highest BCUT2D eigenvalue weighted by atomic mass is 35.5. The Labute approximate surface area is 187 Å². The van der Waals surface area contributed by atoms with Crippen LogP contribution < -0.4 is 5.32 Å². The maximum atomic E-state index is 13.0. The van der Waals surface area contributed by atoms with Crippen molar-refractivity contribution in [2.45, 2.75) is 39.1 Å². The summed E-state index contributed by atoms with van der Waals surface area (Å²) in [4.78, 5) is 27.2. The Morgan fingerprint density at radius 2 is 1.77 bits per heavy atom. The molecule has 0 fully saturated rings. The van der Waals surface area contributed by atoms with Crippen molar-refractivity contribution in [1.29, 1.82) is 0 Å². The van der Waals surface area contributed by atoms with Crippen LogP contribution in [0.15, 0.2) is 48.5 Å². The Balaban J connectivity index is 2.06. The molecule has 2 rings (SSSR count). The van der Waals surface area contributed by atoms with E-state index in [-0.39, 0.29) is 29.9 Å². The monoisotopic (exact) mass is 450 g/mol. The number of nitrogens with one attached hydrogen (secondary N) is 1. The van der Waals surface area contributed by atoms with E-state index in [9.17, 15) is 14.0 Å². The zero-order chi connectivity index (χ0) is 22.1. The quantitative estimate of drug-likeness (QED) is 0.560. The van der Waals surface area contributed by atoms with Crippen molar-refractivity contribution in [3.63, 3.8) is 0 Å². The van der Waals surface area contributed by atoms with Gasteiger partial charge in [0.15, 0.2) is 0 Å². The minimum absolute atomic E-state index is 0.144. The molecule has 0 aliphatic carbocycles. The van der Waals surface area contributed by atoms with Crippen LogP contribution in [0.5, 0.6) is 0 Å². The number of amides is 2. The van der Waals surface area contributed by atoms with Gasteiger partial charge in [0.05, 0.1) is 5.75 Å². The third-order valence-electron chi connectivity index (χ3n) is 4.56. The summed E-state index contributed by atoms with van der Waals surface area (Å²) in [6, 6.07) is 12.9. The van der Waals surface area contributed by atoms with Crippen molar-refractivity contribution >= 4 is 35.2 Å². The van der Waals surface area contributed by atoms with E-state index in [0.717, 1.165) is 11.1 Å². The van der Waals surface area contributed by atoms with E-state index in [1.807, 2.05) is 32.0 Å². The van der Waals surface area contributed by atoms with Gasteiger partial charge >= 0.3 is 0 Å². The number of hydrogen-bond acceptors (Lipinski definition) is 3. The highest BCUT2D eigenvalue weighted by Gasteiger charge is 2.26. The lowest BCUT2D eigenvalue weighted by molar-refractivity contribution is -0.138. The topological polar surface area (TPSA) is 49.4 Å². The molecule has 0 aliphatic rings. The lowest BCUT2D eigenvalue weighted by Gasteiger charge is -2.29. The molecule has 0 aliphatic heterocycles. The maximum Gasteiger partial charge on any atom is 0.242 e. The van der Waals surface area contributed by atoms with Crippen molar-refractivity contribution < 1.29 is 14.0 Å². The molecule has 2 amide bonds. The van der Waals surface area contributed by atoms with Crippen LogP contribution in [0.3, 0.4) is 0 Å². The summed E-state index contributed by atoms with van der Waals surface area (Å²) in [5.41, 5.74) is 1.73. The molecule has 2 aromatic rings. The van der Waals surface area contributed by atoms with Crippen molar-refractivity contribution in [1.82, 2.24) is 10.2 Å². The van der Waals surface area contributed by atoms with Gasteiger partial charge in [-0.25, -0.2) is 4.39 Å². The molecule has 0 heterocycles. The second kappa shape index (κ2) is 12.0. The highest BCUT2D eigenvalue weighted by Crippen LogP contribution is 2.20. The second-order valence-electron chi connectivity index (χ2n) is 7.55. The molecule has 1 N–H and O–H groups in total. The molecule has 0 saturated carbocycles. The molecule has 0 spiro atoms. The first-order valence-corrected chi connectivity index (χ1v) is 11.4. The molecular formula is C23H28ClFN2O2S. The van der Waals surface area contributed by atoms with Gasteiger partial charge in [-0.2, -0.15) is 0 Å². The first-order chi connectivity index (χ1) is 14.3. The first kappa shape index (κ1) is 24.2. The predicted octanol–water partition coefficient (Wildman–Crippen LogP) is 4.90. The van der Waals surface area contributed by atoms with E-state index < -0.39 is 6.04 Å². The van der Waals surface area contributed by atoms with E-state index in [1.165, 1.54) is 23.9 Å². The number of nitrogens with zero attached hydrogens (tertiary/aromatic N) is 1. The van der Waals surface area contributed by atoms with E-state index in [0.29, 0.717) is 23.2 Å². The molecule has 0 aromatic heterocycles. The molecule has 1 atom stereocenters. The normalized spacial score (nSPS) is 11.9. The molecule has 7 heteroatoms. The van der Waals surface area contributed by atoms with Crippen molar-refractivity contribution in [3.05, 3.63) is 70.5 Å². The van der Waals surface area contributed by atoms with E-state index in [2.05, 4.69) is 5.32 Å². The minimum atomic E-state index is -0.626. The van der Waals surface area contributed by atoms with Crippen LogP contribution in [0, 0.1) is 11.7 Å². The zero-order valence-electron chi connectivity index (χ0n) is 17.5. The zero-order valence-corrected chi connectivity index (χ0v) is 19.1. The molecule has 162 valence electrons. The molecule has 30 heavy (non-hydrogen) atoms. The van der Waals surface area contributed by atoms with Crippen LogP contribution in [0.1, 0.15) is 31.9 Å². The van der Waals surface area contributed by atoms with Crippen LogP contribution in [0.25, 0.3) is 0 Å². The van der Waals surface area contributed by atoms with Gasteiger partial charge in [-0.3, -0.25) is 9.59 Å². The minimum Gasteiger partial charge on any atom is -0.354 e. The fourth-order valence-electron chi connectivity index (χ4n) is 2.76. The number of benzene rings is 2. The van der Waals surface area contributed by atoms with E-state index >= 15 is 0 Å². The van der Waals surface area contributed by atoms with Crippen LogP contribution in [0.4, 0.5) is 4.39 Å². The first-order valence-electron chi connectivity index (χ1n) is 9.90. The number of rotatable bonds is 10. The van der Waals surface area contributed by atoms with Gasteiger partial charge in [0, 0.05) is 23.9 Å². The number of hydrogen-bond donors (Lipinski definition) is 1. The fraction of sp³-hybridized carbons (Fsp3) is 0.391. The molecule has 2 aromatic carbocycles. The summed E-state index contributed by atoms with van der Waals surface area (Å²) in [7, 11) is 0. The average Bonchev–Trinajstić information content (AvgIpc) is 2.72. The smallest absolute Gasteiger partial charge is 0.242 e. The van der Waals surface area contributed by atoms with Crippen LogP contribution >= 0.6 is 23.4 Å². The standard InChI is InChI=1S/C23H28ClFN2O2S/c1-16(2)12-26-23(29)17(3)27(13-19-6-4-5-7-21(19)24)22(28)15-30-14-18-8-10-20(25)11-9-18/h4-11,16-17H,12-15H2,1-3H3,(H,26,29)/t17-/m1/s1. The Hall–Kier alpha value is -2.05. The van der Waals surface area contributed by atoms with Crippen LogP contribution in [-0.2, 0) is 21.9 Å². The molecule has 4 nitrogen and oxygen atoms in total. The average molecular weight is 451 g/mol. The van der Waals surface area contributed by atoms with Gasteiger partial charge in [-0.1, -0.05) is 55.8 Å². The van der Waals surface area contributed by atoms with Gasteiger partial charge in [0.1, 0.15) is 11.9 Å². The van der Waals surface area contributed by atoms with Gasteiger partial charge in [0.25, 0.3) is 0 Å². The number of halogens is 2.